The van der Waals surface area contributed by atoms with Crippen molar-refractivity contribution in [2.75, 3.05) is 13.1 Å². The van der Waals surface area contributed by atoms with Gasteiger partial charge in [0.25, 0.3) is 10.0 Å². The van der Waals surface area contributed by atoms with Crippen LogP contribution < -0.4 is 5.32 Å². The van der Waals surface area contributed by atoms with Gasteiger partial charge in [0.2, 0.25) is 5.91 Å². The summed E-state index contributed by atoms with van der Waals surface area (Å²) in [5.74, 6) is -0.0755. The zero-order valence-electron chi connectivity index (χ0n) is 11.5. The number of carbonyl (C=O) groups excluding carboxylic acids is 1. The maximum absolute atomic E-state index is 12.6. The Hall–Kier alpha value is -0.920. The summed E-state index contributed by atoms with van der Waals surface area (Å²) in [6.07, 6.45) is 3.48. The summed E-state index contributed by atoms with van der Waals surface area (Å²) in [4.78, 5) is 10.9. The molecule has 1 unspecified atom stereocenters. The van der Waals surface area contributed by atoms with E-state index in [4.69, 9.17) is 0 Å². The zero-order chi connectivity index (χ0) is 14.6. The Labute approximate surface area is 124 Å². The first-order valence-corrected chi connectivity index (χ1v) is 9.13. The summed E-state index contributed by atoms with van der Waals surface area (Å²) < 4.78 is 27.2. The van der Waals surface area contributed by atoms with Crippen molar-refractivity contribution in [2.24, 2.45) is 0 Å². The SMILES string of the molecule is CC(=O)NCCC1CCCCN1S(=O)(=O)c1cccs1. The van der Waals surface area contributed by atoms with Gasteiger partial charge in [0.05, 0.1) is 0 Å². The first kappa shape index (κ1) is 15.5. The lowest BCUT2D eigenvalue weighted by molar-refractivity contribution is -0.119. The highest BCUT2D eigenvalue weighted by Gasteiger charge is 2.33. The van der Waals surface area contributed by atoms with E-state index in [-0.39, 0.29) is 11.9 Å². The molecule has 0 saturated carbocycles. The van der Waals surface area contributed by atoms with Gasteiger partial charge in [-0.15, -0.1) is 11.3 Å². The summed E-state index contributed by atoms with van der Waals surface area (Å²) in [6.45, 7) is 2.57. The van der Waals surface area contributed by atoms with Crippen molar-refractivity contribution >= 4 is 27.3 Å². The molecule has 0 radical (unpaired) electrons. The number of hydrogen-bond donors (Lipinski definition) is 1. The van der Waals surface area contributed by atoms with Crippen molar-refractivity contribution < 1.29 is 13.2 Å². The van der Waals surface area contributed by atoms with Crippen LogP contribution in [0.15, 0.2) is 21.7 Å². The van der Waals surface area contributed by atoms with Gasteiger partial charge in [-0.05, 0) is 30.7 Å². The second kappa shape index (κ2) is 6.69. The fourth-order valence-electron chi connectivity index (χ4n) is 2.52. The number of piperidine rings is 1. The molecule has 0 aromatic carbocycles. The maximum atomic E-state index is 12.6. The van der Waals surface area contributed by atoms with Gasteiger partial charge in [0.1, 0.15) is 4.21 Å². The molecule has 1 amide bonds. The first-order chi connectivity index (χ1) is 9.51. The second-order valence-electron chi connectivity index (χ2n) is 4.97. The maximum Gasteiger partial charge on any atom is 0.252 e. The standard InChI is InChI=1S/C13H20N2O3S2/c1-11(16)14-8-7-12-5-2-3-9-15(12)20(17,18)13-6-4-10-19-13/h4,6,10,12H,2-3,5,7-9H2,1H3,(H,14,16). The van der Waals surface area contributed by atoms with Gasteiger partial charge in [-0.2, -0.15) is 4.31 Å². The van der Waals surface area contributed by atoms with Gasteiger partial charge >= 0.3 is 0 Å². The molecule has 1 atom stereocenters. The lowest BCUT2D eigenvalue weighted by atomic mass is 10.0. The third kappa shape index (κ3) is 3.59. The van der Waals surface area contributed by atoms with Gasteiger partial charge in [-0.3, -0.25) is 4.79 Å². The van der Waals surface area contributed by atoms with Crippen LogP contribution in [0.3, 0.4) is 0 Å². The number of sulfonamides is 1. The third-order valence-corrected chi connectivity index (χ3v) is 6.81. The van der Waals surface area contributed by atoms with Gasteiger partial charge < -0.3 is 5.32 Å². The molecule has 0 bridgehead atoms. The van der Waals surface area contributed by atoms with Crippen LogP contribution in [0, 0.1) is 0 Å². The van der Waals surface area contributed by atoms with Crippen LogP contribution in [0.1, 0.15) is 32.6 Å². The smallest absolute Gasteiger partial charge is 0.252 e. The minimum Gasteiger partial charge on any atom is -0.356 e. The Morgan fingerprint density at radius 1 is 1.50 bits per heavy atom. The Kier molecular flexibility index (Phi) is 5.17. The van der Waals surface area contributed by atoms with E-state index in [2.05, 4.69) is 5.32 Å². The van der Waals surface area contributed by atoms with Crippen molar-refractivity contribution in [1.82, 2.24) is 9.62 Å². The molecule has 20 heavy (non-hydrogen) atoms. The quantitative estimate of drug-likeness (QED) is 0.901. The number of carbonyl (C=O) groups is 1. The van der Waals surface area contributed by atoms with Crippen molar-refractivity contribution in [3.05, 3.63) is 17.5 Å². The predicted molar refractivity (Wildman–Crippen MR) is 79.2 cm³/mol. The Bertz CT molecular complexity index is 540. The minimum atomic E-state index is -3.38. The molecule has 7 heteroatoms. The molecular formula is C13H20N2O3S2. The van der Waals surface area contributed by atoms with Crippen molar-refractivity contribution in [2.45, 2.75) is 42.9 Å². The summed E-state index contributed by atoms with van der Waals surface area (Å²) in [7, 11) is -3.38. The topological polar surface area (TPSA) is 66.5 Å². The van der Waals surface area contributed by atoms with E-state index in [0.717, 1.165) is 19.3 Å². The first-order valence-electron chi connectivity index (χ1n) is 6.81. The fourth-order valence-corrected chi connectivity index (χ4v) is 5.36. The third-order valence-electron chi connectivity index (χ3n) is 3.48. The Morgan fingerprint density at radius 3 is 2.95 bits per heavy atom. The monoisotopic (exact) mass is 316 g/mol. The fraction of sp³-hybridized carbons (Fsp3) is 0.615. The Balaban J connectivity index is 2.08. The molecule has 1 saturated heterocycles. The summed E-state index contributed by atoms with van der Waals surface area (Å²) in [5.41, 5.74) is 0. The van der Waals surface area contributed by atoms with Crippen molar-refractivity contribution in [1.29, 1.82) is 0 Å². The highest BCUT2D eigenvalue weighted by atomic mass is 32.2. The lowest BCUT2D eigenvalue weighted by Crippen LogP contribution is -2.44. The number of amides is 1. The van der Waals surface area contributed by atoms with Crippen LogP contribution in [0.4, 0.5) is 0 Å². The van der Waals surface area contributed by atoms with E-state index in [9.17, 15) is 13.2 Å². The molecule has 1 aliphatic heterocycles. The van der Waals surface area contributed by atoms with E-state index in [1.165, 1.54) is 18.3 Å². The highest BCUT2D eigenvalue weighted by molar-refractivity contribution is 7.91. The Morgan fingerprint density at radius 2 is 2.30 bits per heavy atom. The molecule has 5 nitrogen and oxygen atoms in total. The largest absolute Gasteiger partial charge is 0.356 e. The normalized spacial score (nSPS) is 20.8. The molecule has 2 heterocycles. The summed E-state index contributed by atoms with van der Waals surface area (Å²) in [5, 5.41) is 4.52. The van der Waals surface area contributed by atoms with E-state index < -0.39 is 10.0 Å². The van der Waals surface area contributed by atoms with Gasteiger partial charge in [-0.1, -0.05) is 12.5 Å². The molecule has 0 aliphatic carbocycles. The van der Waals surface area contributed by atoms with E-state index in [0.29, 0.717) is 23.7 Å². The zero-order valence-corrected chi connectivity index (χ0v) is 13.2. The van der Waals surface area contributed by atoms with Gasteiger partial charge in [0.15, 0.2) is 0 Å². The summed E-state index contributed by atoms with van der Waals surface area (Å²) in [6, 6.07) is 3.40. The average Bonchev–Trinajstić information content (AvgIpc) is 2.93. The molecule has 1 N–H and O–H groups in total. The number of rotatable bonds is 5. The number of hydrogen-bond acceptors (Lipinski definition) is 4. The van der Waals surface area contributed by atoms with Crippen LogP contribution in [-0.4, -0.2) is 37.8 Å². The summed E-state index contributed by atoms with van der Waals surface area (Å²) >= 11 is 1.25. The molecule has 2 rings (SSSR count). The second-order valence-corrected chi connectivity index (χ2v) is 8.03. The van der Waals surface area contributed by atoms with E-state index in [1.54, 1.807) is 21.8 Å². The minimum absolute atomic E-state index is 0.0114. The van der Waals surface area contributed by atoms with Crippen LogP contribution in [0.5, 0.6) is 0 Å². The molecule has 112 valence electrons. The number of thiophene rings is 1. The van der Waals surface area contributed by atoms with E-state index >= 15 is 0 Å². The lowest BCUT2D eigenvalue weighted by Gasteiger charge is -2.34. The average molecular weight is 316 g/mol. The van der Waals surface area contributed by atoms with Crippen molar-refractivity contribution in [3.63, 3.8) is 0 Å². The number of nitrogens with one attached hydrogen (secondary N) is 1. The highest BCUT2D eigenvalue weighted by Crippen LogP contribution is 2.28. The molecule has 0 spiro atoms. The molecular weight excluding hydrogens is 296 g/mol. The molecule has 1 aliphatic rings. The van der Waals surface area contributed by atoms with Gasteiger partial charge in [0, 0.05) is 26.1 Å². The van der Waals surface area contributed by atoms with Crippen LogP contribution in [-0.2, 0) is 14.8 Å². The molecule has 1 fully saturated rings. The van der Waals surface area contributed by atoms with Crippen molar-refractivity contribution in [3.8, 4) is 0 Å². The molecule has 1 aromatic rings. The predicted octanol–water partition coefficient (Wildman–Crippen LogP) is 1.82. The van der Waals surface area contributed by atoms with Crippen LogP contribution in [0.25, 0.3) is 0 Å². The van der Waals surface area contributed by atoms with E-state index in [1.807, 2.05) is 0 Å². The van der Waals surface area contributed by atoms with Crippen LogP contribution in [0.2, 0.25) is 0 Å². The van der Waals surface area contributed by atoms with Crippen LogP contribution >= 0.6 is 11.3 Å². The van der Waals surface area contributed by atoms with Gasteiger partial charge in [-0.25, -0.2) is 8.42 Å². The molecule has 1 aromatic heterocycles. The number of nitrogens with zero attached hydrogens (tertiary/aromatic N) is 1.